The Morgan fingerprint density at radius 1 is 1.48 bits per heavy atom. The van der Waals surface area contributed by atoms with Crippen molar-refractivity contribution in [3.63, 3.8) is 0 Å². The lowest BCUT2D eigenvalue weighted by Gasteiger charge is -2.39. The van der Waals surface area contributed by atoms with E-state index >= 15 is 0 Å². The van der Waals surface area contributed by atoms with Crippen LogP contribution in [-0.2, 0) is 16.1 Å². The van der Waals surface area contributed by atoms with Crippen LogP contribution in [0, 0.1) is 13.8 Å². The van der Waals surface area contributed by atoms with E-state index in [2.05, 4.69) is 5.10 Å². The van der Waals surface area contributed by atoms with E-state index in [1.54, 1.807) is 19.1 Å². The predicted molar refractivity (Wildman–Crippen MR) is 88.1 cm³/mol. The summed E-state index contributed by atoms with van der Waals surface area (Å²) >= 11 is 0. The second-order valence-corrected chi connectivity index (χ2v) is 6.52. The van der Waals surface area contributed by atoms with Gasteiger partial charge in [-0.25, -0.2) is 0 Å². The highest BCUT2D eigenvalue weighted by atomic mass is 16.5. The lowest BCUT2D eigenvalue weighted by Crippen LogP contribution is -2.52. The van der Waals surface area contributed by atoms with Crippen molar-refractivity contribution in [1.82, 2.24) is 14.7 Å². The zero-order valence-electron chi connectivity index (χ0n) is 14.7. The molecular weight excluding hydrogens is 294 g/mol. The molecule has 1 amide bonds. The van der Waals surface area contributed by atoms with Crippen molar-refractivity contribution in [2.45, 2.75) is 70.7 Å². The first-order valence-corrected chi connectivity index (χ1v) is 8.41. The molecule has 3 atom stereocenters. The number of aryl methyl sites for hydroxylation is 3. The molecule has 1 heterocycles. The Kier molecular flexibility index (Phi) is 6.18. The minimum absolute atomic E-state index is 0.0762. The Bertz CT molecular complexity index is 529. The highest BCUT2D eigenvalue weighted by Gasteiger charge is 2.35. The summed E-state index contributed by atoms with van der Waals surface area (Å²) in [4.78, 5) is 14.1. The molecule has 0 bridgehead atoms. The average molecular weight is 323 g/mol. The predicted octanol–water partition coefficient (Wildman–Crippen LogP) is 1.67. The summed E-state index contributed by atoms with van der Waals surface area (Å²) in [6.45, 7) is 4.74. The summed E-state index contributed by atoms with van der Waals surface area (Å²) in [5, 5.41) is 14.8. The molecule has 1 fully saturated rings. The summed E-state index contributed by atoms with van der Waals surface area (Å²) in [7, 11) is 3.41. The van der Waals surface area contributed by atoms with Gasteiger partial charge in [0.1, 0.15) is 6.10 Å². The highest BCUT2D eigenvalue weighted by molar-refractivity contribution is 5.76. The molecule has 0 aliphatic heterocycles. The number of hydrogen-bond donors (Lipinski definition) is 1. The summed E-state index contributed by atoms with van der Waals surface area (Å²) in [5.41, 5.74) is 2.12. The number of ether oxygens (including phenoxy) is 1. The van der Waals surface area contributed by atoms with Crippen LogP contribution in [0.25, 0.3) is 0 Å². The number of methoxy groups -OCH3 is 1. The van der Waals surface area contributed by atoms with E-state index in [-0.39, 0.29) is 18.1 Å². The van der Waals surface area contributed by atoms with E-state index in [1.165, 1.54) is 0 Å². The molecule has 1 aliphatic carbocycles. The van der Waals surface area contributed by atoms with E-state index in [0.717, 1.165) is 43.6 Å². The monoisotopic (exact) mass is 323 g/mol. The van der Waals surface area contributed by atoms with Gasteiger partial charge >= 0.3 is 0 Å². The van der Waals surface area contributed by atoms with Crippen LogP contribution in [0.1, 0.15) is 43.5 Å². The van der Waals surface area contributed by atoms with Gasteiger partial charge in [-0.05, 0) is 45.6 Å². The van der Waals surface area contributed by atoms with Gasteiger partial charge in [-0.3, -0.25) is 9.48 Å². The lowest BCUT2D eigenvalue weighted by molar-refractivity contribution is -0.140. The van der Waals surface area contributed by atoms with Crippen molar-refractivity contribution >= 4 is 5.91 Å². The maximum atomic E-state index is 12.4. The molecule has 23 heavy (non-hydrogen) atoms. The maximum absolute atomic E-state index is 12.4. The van der Waals surface area contributed by atoms with E-state index in [1.807, 2.05) is 24.6 Å². The molecule has 6 nitrogen and oxygen atoms in total. The molecule has 1 aromatic rings. The zero-order valence-corrected chi connectivity index (χ0v) is 14.7. The lowest BCUT2D eigenvalue weighted by atomic mass is 9.89. The fourth-order valence-corrected chi connectivity index (χ4v) is 3.44. The van der Waals surface area contributed by atoms with Crippen LogP contribution in [0.3, 0.4) is 0 Å². The van der Waals surface area contributed by atoms with Gasteiger partial charge in [-0.2, -0.15) is 5.10 Å². The van der Waals surface area contributed by atoms with Crippen LogP contribution >= 0.6 is 0 Å². The number of aromatic nitrogens is 2. The first kappa shape index (κ1) is 17.9. The van der Waals surface area contributed by atoms with E-state index in [9.17, 15) is 9.90 Å². The third-order valence-electron chi connectivity index (χ3n) is 4.82. The van der Waals surface area contributed by atoms with Crippen molar-refractivity contribution in [3.05, 3.63) is 17.5 Å². The third-order valence-corrected chi connectivity index (χ3v) is 4.82. The normalized spacial score (nSPS) is 24.7. The molecule has 2 rings (SSSR count). The van der Waals surface area contributed by atoms with Gasteiger partial charge in [0.15, 0.2) is 0 Å². The van der Waals surface area contributed by atoms with Crippen LogP contribution in [0.15, 0.2) is 6.07 Å². The van der Waals surface area contributed by atoms with Crippen molar-refractivity contribution in [2.24, 2.45) is 0 Å². The van der Waals surface area contributed by atoms with Gasteiger partial charge in [0.25, 0.3) is 0 Å². The number of rotatable bonds is 6. The Hall–Kier alpha value is -1.40. The fraction of sp³-hybridized carbons (Fsp3) is 0.765. The molecule has 1 aliphatic rings. The summed E-state index contributed by atoms with van der Waals surface area (Å²) in [5.74, 6) is 0.0762. The topological polar surface area (TPSA) is 67.6 Å². The molecule has 6 heteroatoms. The van der Waals surface area contributed by atoms with Crippen molar-refractivity contribution in [1.29, 1.82) is 0 Å². The molecule has 0 unspecified atom stereocenters. The Labute approximate surface area is 138 Å². The van der Waals surface area contributed by atoms with E-state index < -0.39 is 6.10 Å². The van der Waals surface area contributed by atoms with Gasteiger partial charge in [0.2, 0.25) is 5.91 Å². The first-order valence-electron chi connectivity index (χ1n) is 8.41. The Morgan fingerprint density at radius 3 is 2.83 bits per heavy atom. The number of nitrogens with zero attached hydrogens (tertiary/aromatic N) is 3. The quantitative estimate of drug-likeness (QED) is 0.865. The summed E-state index contributed by atoms with van der Waals surface area (Å²) < 4.78 is 7.26. The van der Waals surface area contributed by atoms with Crippen molar-refractivity contribution in [3.8, 4) is 0 Å². The summed E-state index contributed by atoms with van der Waals surface area (Å²) in [6.07, 6.45) is 3.12. The number of likely N-dealkylation sites (N-methyl/N-ethyl adjacent to an activating group) is 1. The van der Waals surface area contributed by atoms with E-state index in [0.29, 0.717) is 6.42 Å². The van der Waals surface area contributed by atoms with Crippen LogP contribution in [0.4, 0.5) is 0 Å². The number of aliphatic hydroxyl groups is 1. The van der Waals surface area contributed by atoms with Gasteiger partial charge in [0.05, 0.1) is 17.8 Å². The maximum Gasteiger partial charge on any atom is 0.222 e. The van der Waals surface area contributed by atoms with Crippen molar-refractivity contribution in [2.75, 3.05) is 14.2 Å². The number of aliphatic hydroxyl groups excluding tert-OH is 1. The number of amides is 1. The SMILES string of the molecule is CO[C@@H]1CCC[C@@H](N(C)C(=O)CCCn2nc(C)cc2C)[C@H]1O. The fourth-order valence-electron chi connectivity index (χ4n) is 3.44. The molecule has 0 saturated heterocycles. The molecular formula is C17H29N3O3. The second-order valence-electron chi connectivity index (χ2n) is 6.52. The van der Waals surface area contributed by atoms with Gasteiger partial charge in [-0.15, -0.1) is 0 Å². The van der Waals surface area contributed by atoms with Crippen molar-refractivity contribution < 1.29 is 14.6 Å². The van der Waals surface area contributed by atoms with Gasteiger partial charge in [-0.1, -0.05) is 0 Å². The Balaban J connectivity index is 1.83. The standard InChI is InChI=1S/C17H29N3O3/c1-12-11-13(2)20(18-12)10-6-9-16(21)19(3)14-7-5-8-15(23-4)17(14)22/h11,14-15,17,22H,5-10H2,1-4H3/t14-,15-,17-/m1/s1. The summed E-state index contributed by atoms with van der Waals surface area (Å²) in [6, 6.07) is 1.90. The molecule has 1 N–H and O–H groups in total. The number of hydrogen-bond acceptors (Lipinski definition) is 4. The number of carbonyl (C=O) groups excluding carboxylic acids is 1. The minimum atomic E-state index is -0.598. The van der Waals surface area contributed by atoms with E-state index in [4.69, 9.17) is 4.74 Å². The average Bonchev–Trinajstić information content (AvgIpc) is 2.84. The molecule has 0 radical (unpaired) electrons. The smallest absolute Gasteiger partial charge is 0.222 e. The van der Waals surface area contributed by atoms with Gasteiger partial charge in [0, 0.05) is 32.8 Å². The molecule has 0 spiro atoms. The molecule has 1 saturated carbocycles. The van der Waals surface area contributed by atoms with Gasteiger partial charge < -0.3 is 14.7 Å². The minimum Gasteiger partial charge on any atom is -0.388 e. The first-order chi connectivity index (χ1) is 10.9. The number of carbonyl (C=O) groups is 1. The highest BCUT2D eigenvalue weighted by Crippen LogP contribution is 2.25. The molecule has 130 valence electrons. The molecule has 0 aromatic carbocycles. The van der Waals surface area contributed by atoms with Crippen LogP contribution in [-0.4, -0.2) is 58.1 Å². The van der Waals surface area contributed by atoms with Crippen LogP contribution in [0.5, 0.6) is 0 Å². The molecule has 1 aromatic heterocycles. The van der Waals surface area contributed by atoms with Crippen LogP contribution in [0.2, 0.25) is 0 Å². The van der Waals surface area contributed by atoms with Crippen LogP contribution < -0.4 is 0 Å². The largest absolute Gasteiger partial charge is 0.388 e. The third kappa shape index (κ3) is 4.32. The second kappa shape index (κ2) is 7.93. The Morgan fingerprint density at radius 2 is 2.22 bits per heavy atom. The zero-order chi connectivity index (χ0) is 17.0.